The fraction of sp³-hybridized carbons (Fsp3) is 0.429. The van der Waals surface area contributed by atoms with Crippen LogP contribution < -0.4 is 10.2 Å². The molecule has 1 amide bonds. The number of hydrogen-bond donors (Lipinski definition) is 1. The summed E-state index contributed by atoms with van der Waals surface area (Å²) in [5.41, 5.74) is 0.0926. The molecular weight excluding hydrogens is 282 g/mol. The van der Waals surface area contributed by atoms with Crippen molar-refractivity contribution in [2.75, 3.05) is 32.6 Å². The van der Waals surface area contributed by atoms with Gasteiger partial charge < -0.3 is 15.0 Å². The average molecular weight is 298 g/mol. The third kappa shape index (κ3) is 2.68. The molecule has 114 valence electrons. The first kappa shape index (κ1) is 15.2. The Bertz CT molecular complexity index is 567. The molecule has 0 unspecified atom stereocenters. The summed E-state index contributed by atoms with van der Waals surface area (Å²) in [6, 6.07) is 2.35. The van der Waals surface area contributed by atoms with Gasteiger partial charge in [0.25, 0.3) is 0 Å². The molecule has 1 aliphatic heterocycles. The first-order chi connectivity index (χ1) is 9.86. The lowest BCUT2D eigenvalue weighted by Crippen LogP contribution is -2.28. The van der Waals surface area contributed by atoms with Gasteiger partial charge in [-0.25, -0.2) is 8.78 Å². The van der Waals surface area contributed by atoms with Gasteiger partial charge in [0.15, 0.2) is 0 Å². The third-order valence-electron chi connectivity index (χ3n) is 3.59. The van der Waals surface area contributed by atoms with Gasteiger partial charge in [-0.2, -0.15) is 0 Å². The van der Waals surface area contributed by atoms with Crippen LogP contribution in [0.1, 0.15) is 11.5 Å². The van der Waals surface area contributed by atoms with Crippen molar-refractivity contribution in [2.45, 2.75) is 5.92 Å². The fourth-order valence-electron chi connectivity index (χ4n) is 2.47. The number of rotatable bonds is 3. The van der Waals surface area contributed by atoms with Gasteiger partial charge in [-0.15, -0.1) is 0 Å². The number of methoxy groups -OCH3 is 1. The van der Waals surface area contributed by atoms with E-state index in [0.717, 1.165) is 7.11 Å². The zero-order valence-corrected chi connectivity index (χ0v) is 11.9. The molecule has 1 aromatic rings. The van der Waals surface area contributed by atoms with Crippen LogP contribution in [0, 0.1) is 17.6 Å². The van der Waals surface area contributed by atoms with Crippen LogP contribution >= 0.6 is 0 Å². The number of hydrogen-bond acceptors (Lipinski definition) is 4. The number of esters is 1. The van der Waals surface area contributed by atoms with Crippen molar-refractivity contribution in [1.82, 2.24) is 5.32 Å². The van der Waals surface area contributed by atoms with E-state index in [2.05, 4.69) is 10.1 Å². The van der Waals surface area contributed by atoms with Gasteiger partial charge in [0.2, 0.25) is 5.91 Å². The Hall–Kier alpha value is -2.18. The minimum atomic E-state index is -1.23. The third-order valence-corrected chi connectivity index (χ3v) is 3.59. The van der Waals surface area contributed by atoms with Crippen LogP contribution in [0.4, 0.5) is 14.5 Å². The molecule has 0 spiro atoms. The van der Waals surface area contributed by atoms with Crippen LogP contribution in [0.2, 0.25) is 0 Å². The molecule has 2 atom stereocenters. The summed E-state index contributed by atoms with van der Waals surface area (Å²) in [5.74, 6) is -5.10. The molecule has 1 saturated heterocycles. The second-order valence-corrected chi connectivity index (χ2v) is 5.07. The minimum Gasteiger partial charge on any atom is -0.468 e. The predicted octanol–water partition coefficient (Wildman–Crippen LogP) is 1.03. The van der Waals surface area contributed by atoms with E-state index in [0.29, 0.717) is 5.69 Å². The molecule has 1 heterocycles. The minimum absolute atomic E-state index is 0.00620. The number of nitrogens with zero attached hydrogens (tertiary/aromatic N) is 1. The second-order valence-electron chi connectivity index (χ2n) is 5.07. The molecule has 5 nitrogen and oxygen atoms in total. The molecule has 1 fully saturated rings. The van der Waals surface area contributed by atoms with E-state index in [-0.39, 0.29) is 12.1 Å². The molecule has 0 aliphatic carbocycles. The number of halogens is 2. The zero-order chi connectivity index (χ0) is 15.7. The first-order valence-electron chi connectivity index (χ1n) is 6.38. The Kier molecular flexibility index (Phi) is 4.11. The summed E-state index contributed by atoms with van der Waals surface area (Å²) < 4.78 is 33.0. The maximum Gasteiger partial charge on any atom is 0.318 e. The Morgan fingerprint density at radius 3 is 2.38 bits per heavy atom. The highest BCUT2D eigenvalue weighted by atomic mass is 19.1. The molecule has 0 saturated carbocycles. The highest BCUT2D eigenvalue weighted by molar-refractivity contribution is 6.00. The molecule has 1 aromatic carbocycles. The fourth-order valence-corrected chi connectivity index (χ4v) is 2.47. The number of benzene rings is 1. The molecule has 1 N–H and O–H groups in total. The SMILES string of the molecule is COC(=O)[C@@H]1C(=O)NC[C@H]1c1c(F)cc(N(C)C)cc1F. The Labute approximate surface area is 120 Å². The summed E-state index contributed by atoms with van der Waals surface area (Å²) in [6.07, 6.45) is 0. The van der Waals surface area contributed by atoms with Crippen molar-refractivity contribution < 1.29 is 23.1 Å². The van der Waals surface area contributed by atoms with Gasteiger partial charge in [0.05, 0.1) is 7.11 Å². The molecule has 2 rings (SSSR count). The van der Waals surface area contributed by atoms with Crippen LogP contribution in [0.5, 0.6) is 0 Å². The van der Waals surface area contributed by atoms with E-state index in [1.165, 1.54) is 12.1 Å². The summed E-state index contributed by atoms with van der Waals surface area (Å²) in [6.45, 7) is -0.00620. The van der Waals surface area contributed by atoms with Crippen LogP contribution in [-0.4, -0.2) is 39.6 Å². The highest BCUT2D eigenvalue weighted by Crippen LogP contribution is 2.35. The largest absolute Gasteiger partial charge is 0.468 e. The number of carbonyl (C=O) groups excluding carboxylic acids is 2. The van der Waals surface area contributed by atoms with Gasteiger partial charge in [-0.1, -0.05) is 0 Å². The zero-order valence-electron chi connectivity index (χ0n) is 11.9. The van der Waals surface area contributed by atoms with Crippen LogP contribution in [-0.2, 0) is 14.3 Å². The Morgan fingerprint density at radius 2 is 1.90 bits per heavy atom. The van der Waals surface area contributed by atoms with Crippen LogP contribution in [0.25, 0.3) is 0 Å². The smallest absolute Gasteiger partial charge is 0.318 e. The van der Waals surface area contributed by atoms with Gasteiger partial charge in [0, 0.05) is 37.8 Å². The van der Waals surface area contributed by atoms with E-state index in [1.807, 2.05) is 0 Å². The van der Waals surface area contributed by atoms with Gasteiger partial charge >= 0.3 is 5.97 Å². The van der Waals surface area contributed by atoms with E-state index in [4.69, 9.17) is 0 Å². The maximum absolute atomic E-state index is 14.2. The standard InChI is InChI=1S/C14H16F2N2O3/c1-18(2)7-4-9(15)11(10(16)5-7)8-6-17-13(19)12(8)14(20)21-3/h4-5,8,12H,6H2,1-3H3,(H,17,19)/t8-,12-/m0/s1. The molecule has 0 aromatic heterocycles. The van der Waals surface area contributed by atoms with Crippen LogP contribution in [0.3, 0.4) is 0 Å². The van der Waals surface area contributed by atoms with Crippen molar-refractivity contribution >= 4 is 17.6 Å². The summed E-state index contributed by atoms with van der Waals surface area (Å²) in [5, 5.41) is 2.44. The molecule has 1 aliphatic rings. The van der Waals surface area contributed by atoms with Crippen molar-refractivity contribution in [3.05, 3.63) is 29.3 Å². The lowest BCUT2D eigenvalue weighted by Gasteiger charge is -2.19. The van der Waals surface area contributed by atoms with E-state index in [1.54, 1.807) is 19.0 Å². The lowest BCUT2D eigenvalue weighted by molar-refractivity contribution is -0.149. The summed E-state index contributed by atoms with van der Waals surface area (Å²) in [4.78, 5) is 24.9. The van der Waals surface area contributed by atoms with Crippen LogP contribution in [0.15, 0.2) is 12.1 Å². The van der Waals surface area contributed by atoms with Crippen molar-refractivity contribution in [2.24, 2.45) is 5.92 Å². The van der Waals surface area contributed by atoms with E-state index >= 15 is 0 Å². The molecule has 7 heteroatoms. The number of carbonyl (C=O) groups is 2. The number of amides is 1. The van der Waals surface area contributed by atoms with Crippen molar-refractivity contribution in [1.29, 1.82) is 0 Å². The quantitative estimate of drug-likeness (QED) is 0.669. The van der Waals surface area contributed by atoms with Crippen molar-refractivity contribution in [3.8, 4) is 0 Å². The number of nitrogens with one attached hydrogen (secondary N) is 1. The normalized spacial score (nSPS) is 21.1. The lowest BCUT2D eigenvalue weighted by atomic mass is 9.87. The predicted molar refractivity (Wildman–Crippen MR) is 71.9 cm³/mol. The first-order valence-corrected chi connectivity index (χ1v) is 6.38. The van der Waals surface area contributed by atoms with Gasteiger partial charge in [-0.3, -0.25) is 9.59 Å². The topological polar surface area (TPSA) is 58.6 Å². The van der Waals surface area contributed by atoms with Gasteiger partial charge in [0.1, 0.15) is 17.6 Å². The van der Waals surface area contributed by atoms with E-state index in [9.17, 15) is 18.4 Å². The number of ether oxygens (including phenoxy) is 1. The summed E-state index contributed by atoms with van der Waals surface area (Å²) >= 11 is 0. The Balaban J connectivity index is 2.46. The molecular formula is C14H16F2N2O3. The second kappa shape index (κ2) is 5.67. The monoisotopic (exact) mass is 298 g/mol. The van der Waals surface area contributed by atoms with E-state index < -0.39 is 35.3 Å². The molecule has 0 radical (unpaired) electrons. The number of anilines is 1. The molecule has 21 heavy (non-hydrogen) atoms. The summed E-state index contributed by atoms with van der Waals surface area (Å²) in [7, 11) is 4.45. The Morgan fingerprint density at radius 1 is 1.33 bits per heavy atom. The van der Waals surface area contributed by atoms with Gasteiger partial charge in [-0.05, 0) is 12.1 Å². The van der Waals surface area contributed by atoms with Crippen molar-refractivity contribution in [3.63, 3.8) is 0 Å². The average Bonchev–Trinajstić information content (AvgIpc) is 2.78. The maximum atomic E-state index is 14.2. The highest BCUT2D eigenvalue weighted by Gasteiger charge is 2.44. The molecule has 0 bridgehead atoms.